The maximum atomic E-state index is 12.5. The molecule has 0 fully saturated rings. The predicted octanol–water partition coefficient (Wildman–Crippen LogP) is 8.16. The van der Waals surface area contributed by atoms with Gasteiger partial charge in [-0.3, -0.25) is 9.69 Å². The summed E-state index contributed by atoms with van der Waals surface area (Å²) in [5, 5.41) is 2.17. The lowest BCUT2D eigenvalue weighted by Crippen LogP contribution is -2.41. The zero-order chi connectivity index (χ0) is 24.7. The Labute approximate surface area is 217 Å². The number of hydrogen-bond acceptors (Lipinski definition) is 4. The first-order valence-corrected chi connectivity index (χ1v) is 14.8. The van der Waals surface area contributed by atoms with Crippen molar-refractivity contribution in [1.29, 1.82) is 0 Å². The summed E-state index contributed by atoms with van der Waals surface area (Å²) < 4.78 is 5.86. The van der Waals surface area contributed by atoms with Gasteiger partial charge in [0.15, 0.2) is 0 Å². The van der Waals surface area contributed by atoms with Crippen LogP contribution in [0.25, 0.3) is 0 Å². The van der Waals surface area contributed by atoms with Gasteiger partial charge in [-0.2, -0.15) is 0 Å². The minimum absolute atomic E-state index is 0.0741. The van der Waals surface area contributed by atoms with Gasteiger partial charge in [0.2, 0.25) is 0 Å². The second-order valence-electron chi connectivity index (χ2n) is 9.82. The molecule has 3 nitrogen and oxygen atoms in total. The van der Waals surface area contributed by atoms with Crippen molar-refractivity contribution in [2.75, 3.05) is 13.1 Å². The second kappa shape index (κ2) is 16.0. The molecule has 192 valence electrons. The molecule has 0 amide bonds. The number of allylic oxidation sites excluding steroid dienone is 2. The van der Waals surface area contributed by atoms with E-state index in [0.717, 1.165) is 63.8 Å². The molecule has 0 saturated heterocycles. The van der Waals surface area contributed by atoms with Crippen LogP contribution in [0.1, 0.15) is 94.1 Å². The lowest BCUT2D eigenvalue weighted by molar-refractivity contribution is -0.134. The number of unbranched alkanes of at least 4 members (excludes halogenated alkanes) is 5. The molecule has 0 spiro atoms. The standard InChI is InChI=1S/C31H45NO2S/c1-3-5-6-7-8-9-10-11-12-18-31(33)34-30-17-13-15-26-25-27(19-20-29(26)30)32(22-4-2)23-21-28-16-14-24-35-28/h5-6,13-17,24,27H,3-4,7-12,18-23,25H2,1-2H3/b6-5+. The predicted molar refractivity (Wildman–Crippen MR) is 150 cm³/mol. The van der Waals surface area contributed by atoms with E-state index in [1.54, 1.807) is 0 Å². The normalized spacial score (nSPS) is 15.6. The van der Waals surface area contributed by atoms with Crippen LogP contribution in [0, 0.1) is 0 Å². The van der Waals surface area contributed by atoms with E-state index in [2.05, 4.69) is 60.5 Å². The Bertz CT molecular complexity index is 889. The number of ether oxygens (including phenoxy) is 1. The molecule has 0 bridgehead atoms. The monoisotopic (exact) mass is 495 g/mol. The van der Waals surface area contributed by atoms with E-state index in [9.17, 15) is 4.79 Å². The van der Waals surface area contributed by atoms with Gasteiger partial charge in [0.25, 0.3) is 0 Å². The first-order valence-electron chi connectivity index (χ1n) is 13.9. The molecule has 1 atom stereocenters. The minimum atomic E-state index is -0.0741. The number of carbonyl (C=O) groups is 1. The fourth-order valence-corrected chi connectivity index (χ4v) is 5.85. The molecule has 4 heteroatoms. The Morgan fingerprint density at radius 3 is 2.71 bits per heavy atom. The number of rotatable bonds is 16. The Morgan fingerprint density at radius 2 is 1.91 bits per heavy atom. The molecule has 0 N–H and O–H groups in total. The fourth-order valence-electron chi connectivity index (χ4n) is 5.15. The van der Waals surface area contributed by atoms with Crippen LogP contribution in [0.2, 0.25) is 0 Å². The third kappa shape index (κ3) is 9.57. The molecule has 1 aromatic heterocycles. The van der Waals surface area contributed by atoms with Crippen molar-refractivity contribution in [2.45, 2.75) is 103 Å². The first-order chi connectivity index (χ1) is 17.2. The van der Waals surface area contributed by atoms with E-state index in [0.29, 0.717) is 12.5 Å². The number of fused-ring (bicyclic) bond motifs is 1. The van der Waals surface area contributed by atoms with Crippen LogP contribution < -0.4 is 4.74 Å². The highest BCUT2D eigenvalue weighted by Crippen LogP contribution is 2.32. The maximum Gasteiger partial charge on any atom is 0.311 e. The molecule has 1 unspecified atom stereocenters. The molecule has 1 aliphatic rings. The molecular formula is C31H45NO2S. The van der Waals surface area contributed by atoms with E-state index >= 15 is 0 Å². The van der Waals surface area contributed by atoms with Crippen molar-refractivity contribution in [3.8, 4) is 5.75 Å². The summed E-state index contributed by atoms with van der Waals surface area (Å²) in [6.45, 7) is 6.72. The molecule has 2 aromatic rings. The van der Waals surface area contributed by atoms with Crippen LogP contribution in [0.5, 0.6) is 5.75 Å². The van der Waals surface area contributed by atoms with Gasteiger partial charge in [0.1, 0.15) is 5.75 Å². The number of thiophene rings is 1. The smallest absolute Gasteiger partial charge is 0.311 e. The Balaban J connectivity index is 1.44. The van der Waals surface area contributed by atoms with Crippen molar-refractivity contribution in [1.82, 2.24) is 4.90 Å². The minimum Gasteiger partial charge on any atom is -0.426 e. The van der Waals surface area contributed by atoms with E-state index in [-0.39, 0.29) is 5.97 Å². The van der Waals surface area contributed by atoms with Crippen LogP contribution in [0.3, 0.4) is 0 Å². The van der Waals surface area contributed by atoms with Crippen molar-refractivity contribution >= 4 is 17.3 Å². The molecule has 0 aliphatic heterocycles. The number of esters is 1. The largest absolute Gasteiger partial charge is 0.426 e. The number of carbonyl (C=O) groups excluding carboxylic acids is 1. The second-order valence-corrected chi connectivity index (χ2v) is 10.8. The molecule has 0 radical (unpaired) electrons. The van der Waals surface area contributed by atoms with Crippen LogP contribution in [-0.2, 0) is 24.1 Å². The van der Waals surface area contributed by atoms with Crippen LogP contribution in [0.4, 0.5) is 0 Å². The summed E-state index contributed by atoms with van der Waals surface area (Å²) >= 11 is 1.86. The lowest BCUT2D eigenvalue weighted by atomic mass is 9.86. The van der Waals surface area contributed by atoms with Crippen molar-refractivity contribution < 1.29 is 9.53 Å². The third-order valence-corrected chi connectivity index (χ3v) is 7.98. The maximum absolute atomic E-state index is 12.5. The Kier molecular flexibility index (Phi) is 12.6. The molecule has 35 heavy (non-hydrogen) atoms. The van der Waals surface area contributed by atoms with Gasteiger partial charge in [-0.1, -0.05) is 63.5 Å². The summed E-state index contributed by atoms with van der Waals surface area (Å²) in [4.78, 5) is 16.7. The van der Waals surface area contributed by atoms with Gasteiger partial charge >= 0.3 is 5.97 Å². The van der Waals surface area contributed by atoms with Crippen LogP contribution in [0.15, 0.2) is 47.9 Å². The summed E-state index contributed by atoms with van der Waals surface area (Å²) in [6, 6.07) is 11.3. The fraction of sp³-hybridized carbons (Fsp3) is 0.581. The quantitative estimate of drug-likeness (QED) is 0.102. The van der Waals surface area contributed by atoms with Gasteiger partial charge < -0.3 is 4.74 Å². The van der Waals surface area contributed by atoms with Gasteiger partial charge in [-0.25, -0.2) is 0 Å². The van der Waals surface area contributed by atoms with Gasteiger partial charge in [-0.05, 0) is 93.0 Å². The van der Waals surface area contributed by atoms with Crippen LogP contribution in [-0.4, -0.2) is 30.0 Å². The molecule has 1 aliphatic carbocycles. The van der Waals surface area contributed by atoms with E-state index < -0.39 is 0 Å². The zero-order valence-corrected chi connectivity index (χ0v) is 22.8. The SMILES string of the molecule is CC/C=C/CCCCCCCC(=O)Oc1cccc2c1CCC(N(CCC)CCc1cccs1)C2. The lowest BCUT2D eigenvalue weighted by Gasteiger charge is -2.35. The Hall–Kier alpha value is -1.91. The number of benzene rings is 1. The highest BCUT2D eigenvalue weighted by molar-refractivity contribution is 7.09. The van der Waals surface area contributed by atoms with Crippen molar-refractivity contribution in [3.05, 3.63) is 63.9 Å². The highest BCUT2D eigenvalue weighted by atomic mass is 32.1. The molecule has 1 aromatic carbocycles. The van der Waals surface area contributed by atoms with Crippen LogP contribution >= 0.6 is 11.3 Å². The number of hydrogen-bond donors (Lipinski definition) is 0. The van der Waals surface area contributed by atoms with Crippen molar-refractivity contribution in [2.24, 2.45) is 0 Å². The van der Waals surface area contributed by atoms with E-state index in [1.807, 2.05) is 17.4 Å². The van der Waals surface area contributed by atoms with Gasteiger partial charge in [-0.15, -0.1) is 11.3 Å². The zero-order valence-electron chi connectivity index (χ0n) is 22.0. The summed E-state index contributed by atoms with van der Waals surface area (Å²) in [5.74, 6) is 0.726. The summed E-state index contributed by atoms with van der Waals surface area (Å²) in [6.07, 6.45) is 18.6. The first kappa shape index (κ1) is 27.7. The summed E-state index contributed by atoms with van der Waals surface area (Å²) in [5.41, 5.74) is 2.62. The van der Waals surface area contributed by atoms with E-state index in [4.69, 9.17) is 4.74 Å². The number of nitrogens with zero attached hydrogens (tertiary/aromatic N) is 1. The molecule has 0 saturated carbocycles. The van der Waals surface area contributed by atoms with Gasteiger partial charge in [0, 0.05) is 23.9 Å². The molecule has 3 rings (SSSR count). The van der Waals surface area contributed by atoms with E-state index in [1.165, 1.54) is 48.1 Å². The third-order valence-electron chi connectivity index (χ3n) is 7.04. The highest BCUT2D eigenvalue weighted by Gasteiger charge is 2.26. The average molecular weight is 496 g/mol. The summed E-state index contributed by atoms with van der Waals surface area (Å²) in [7, 11) is 0. The van der Waals surface area contributed by atoms with Gasteiger partial charge in [0.05, 0.1) is 0 Å². The molecule has 1 heterocycles. The average Bonchev–Trinajstić information content (AvgIpc) is 3.39. The van der Waals surface area contributed by atoms with Crippen molar-refractivity contribution in [3.63, 3.8) is 0 Å². The Morgan fingerprint density at radius 1 is 1.06 bits per heavy atom. The molecular weight excluding hydrogens is 450 g/mol. The topological polar surface area (TPSA) is 29.5 Å².